The molecule has 3 heteroatoms. The standard InChI is InChI=1S/C16H15NS2/c1-18-12-8-6-11(7-9-12)16(17)14-10-19-15-5-3-2-4-13(14)15/h2-10,16H,17H2,1H3. The average Bonchev–Trinajstić information content (AvgIpc) is 2.90. The van der Waals surface area contributed by atoms with Crippen LogP contribution in [-0.2, 0) is 0 Å². The molecule has 0 saturated heterocycles. The van der Waals surface area contributed by atoms with Crippen LogP contribution in [0.25, 0.3) is 10.1 Å². The Morgan fingerprint density at radius 3 is 2.53 bits per heavy atom. The van der Waals surface area contributed by atoms with Crippen molar-refractivity contribution in [2.75, 3.05) is 6.26 Å². The van der Waals surface area contributed by atoms with Crippen LogP contribution in [0, 0.1) is 0 Å². The summed E-state index contributed by atoms with van der Waals surface area (Å²) in [6.07, 6.45) is 2.08. The van der Waals surface area contributed by atoms with Gasteiger partial charge in [-0.3, -0.25) is 0 Å². The van der Waals surface area contributed by atoms with Gasteiger partial charge < -0.3 is 5.73 Å². The van der Waals surface area contributed by atoms with Crippen molar-refractivity contribution in [3.05, 3.63) is 65.0 Å². The maximum Gasteiger partial charge on any atom is 0.0566 e. The highest BCUT2D eigenvalue weighted by atomic mass is 32.2. The summed E-state index contributed by atoms with van der Waals surface area (Å²) in [5.41, 5.74) is 8.81. The molecule has 0 radical (unpaired) electrons. The third-order valence-corrected chi connectivity index (χ3v) is 5.05. The highest BCUT2D eigenvalue weighted by Gasteiger charge is 2.13. The zero-order chi connectivity index (χ0) is 13.2. The Labute approximate surface area is 121 Å². The van der Waals surface area contributed by atoms with Crippen molar-refractivity contribution in [2.24, 2.45) is 5.73 Å². The van der Waals surface area contributed by atoms with Gasteiger partial charge in [-0.15, -0.1) is 23.1 Å². The first-order valence-electron chi connectivity index (χ1n) is 6.15. The minimum absolute atomic E-state index is 0.0490. The molecule has 0 fully saturated rings. The summed E-state index contributed by atoms with van der Waals surface area (Å²) in [7, 11) is 0. The molecule has 0 spiro atoms. The number of hydrogen-bond donors (Lipinski definition) is 1. The molecule has 96 valence electrons. The van der Waals surface area contributed by atoms with E-state index in [1.54, 1.807) is 23.1 Å². The predicted octanol–water partition coefficient (Wildman–Crippen LogP) is 4.67. The molecular weight excluding hydrogens is 270 g/mol. The van der Waals surface area contributed by atoms with Gasteiger partial charge in [-0.05, 0) is 46.3 Å². The van der Waals surface area contributed by atoms with Gasteiger partial charge in [0.15, 0.2) is 0 Å². The molecule has 0 amide bonds. The monoisotopic (exact) mass is 285 g/mol. The lowest BCUT2D eigenvalue weighted by Gasteiger charge is -2.12. The van der Waals surface area contributed by atoms with E-state index in [-0.39, 0.29) is 6.04 Å². The summed E-state index contributed by atoms with van der Waals surface area (Å²) < 4.78 is 1.30. The van der Waals surface area contributed by atoms with Crippen molar-refractivity contribution >= 4 is 33.2 Å². The zero-order valence-corrected chi connectivity index (χ0v) is 12.3. The molecule has 1 atom stereocenters. The second-order valence-corrected chi connectivity index (χ2v) is 6.23. The smallest absolute Gasteiger partial charge is 0.0566 e. The van der Waals surface area contributed by atoms with Gasteiger partial charge >= 0.3 is 0 Å². The lowest BCUT2D eigenvalue weighted by Crippen LogP contribution is -2.11. The van der Waals surface area contributed by atoms with Gasteiger partial charge in [0, 0.05) is 9.60 Å². The van der Waals surface area contributed by atoms with Crippen LogP contribution in [0.2, 0.25) is 0 Å². The quantitative estimate of drug-likeness (QED) is 0.708. The summed E-state index contributed by atoms with van der Waals surface area (Å²) in [6.45, 7) is 0. The van der Waals surface area contributed by atoms with E-state index >= 15 is 0 Å². The van der Waals surface area contributed by atoms with E-state index in [1.807, 2.05) is 0 Å². The number of nitrogens with two attached hydrogens (primary N) is 1. The van der Waals surface area contributed by atoms with Crippen LogP contribution >= 0.6 is 23.1 Å². The van der Waals surface area contributed by atoms with Crippen LogP contribution in [0.1, 0.15) is 17.2 Å². The normalized spacial score (nSPS) is 12.7. The number of fused-ring (bicyclic) bond motifs is 1. The Kier molecular flexibility index (Phi) is 3.60. The zero-order valence-electron chi connectivity index (χ0n) is 10.7. The van der Waals surface area contributed by atoms with Crippen molar-refractivity contribution < 1.29 is 0 Å². The molecule has 3 aromatic rings. The molecule has 1 heterocycles. The van der Waals surface area contributed by atoms with Gasteiger partial charge in [0.1, 0.15) is 0 Å². The Morgan fingerprint density at radius 2 is 1.79 bits per heavy atom. The minimum Gasteiger partial charge on any atom is -0.320 e. The molecule has 3 rings (SSSR count). The number of hydrogen-bond acceptors (Lipinski definition) is 3. The van der Waals surface area contributed by atoms with Crippen molar-refractivity contribution in [1.29, 1.82) is 0 Å². The van der Waals surface area contributed by atoms with Crippen LogP contribution in [0.5, 0.6) is 0 Å². The molecule has 1 nitrogen and oxygen atoms in total. The fourth-order valence-electron chi connectivity index (χ4n) is 2.23. The van der Waals surface area contributed by atoms with E-state index in [2.05, 4.69) is 60.2 Å². The van der Waals surface area contributed by atoms with Crippen molar-refractivity contribution in [3.63, 3.8) is 0 Å². The van der Waals surface area contributed by atoms with Crippen molar-refractivity contribution in [3.8, 4) is 0 Å². The van der Waals surface area contributed by atoms with E-state index in [9.17, 15) is 0 Å². The lowest BCUT2D eigenvalue weighted by atomic mass is 9.99. The maximum atomic E-state index is 6.42. The SMILES string of the molecule is CSc1ccc(C(N)c2csc3ccccc23)cc1. The van der Waals surface area contributed by atoms with Crippen LogP contribution in [0.4, 0.5) is 0 Å². The summed E-state index contributed by atoms with van der Waals surface area (Å²) >= 11 is 3.51. The molecule has 2 N–H and O–H groups in total. The van der Waals surface area contributed by atoms with Crippen LogP contribution < -0.4 is 5.73 Å². The first-order chi connectivity index (χ1) is 9.29. The van der Waals surface area contributed by atoms with E-state index in [0.29, 0.717) is 0 Å². The molecule has 0 aliphatic carbocycles. The van der Waals surface area contributed by atoms with Gasteiger partial charge in [-0.25, -0.2) is 0 Å². The molecule has 0 aliphatic rings. The molecule has 2 aromatic carbocycles. The first kappa shape index (κ1) is 12.7. The van der Waals surface area contributed by atoms with Gasteiger partial charge in [0.05, 0.1) is 6.04 Å². The largest absolute Gasteiger partial charge is 0.320 e. The van der Waals surface area contributed by atoms with Gasteiger partial charge in [0.2, 0.25) is 0 Å². The highest BCUT2D eigenvalue weighted by Crippen LogP contribution is 2.32. The highest BCUT2D eigenvalue weighted by molar-refractivity contribution is 7.98. The third kappa shape index (κ3) is 2.41. The first-order valence-corrected chi connectivity index (χ1v) is 8.25. The third-order valence-electron chi connectivity index (χ3n) is 3.32. The molecule has 0 bridgehead atoms. The van der Waals surface area contributed by atoms with E-state index in [1.165, 1.54) is 26.1 Å². The van der Waals surface area contributed by atoms with E-state index in [4.69, 9.17) is 5.73 Å². The van der Waals surface area contributed by atoms with Crippen molar-refractivity contribution in [2.45, 2.75) is 10.9 Å². The second kappa shape index (κ2) is 5.37. The maximum absolute atomic E-state index is 6.42. The summed E-state index contributed by atoms with van der Waals surface area (Å²) in [4.78, 5) is 1.27. The molecule has 0 aliphatic heterocycles. The molecule has 19 heavy (non-hydrogen) atoms. The minimum atomic E-state index is -0.0490. The van der Waals surface area contributed by atoms with E-state index < -0.39 is 0 Å². The Bertz CT molecular complexity index is 685. The summed E-state index contributed by atoms with van der Waals surface area (Å²) in [5, 5.41) is 3.45. The summed E-state index contributed by atoms with van der Waals surface area (Å²) in [5.74, 6) is 0. The fourth-order valence-corrected chi connectivity index (χ4v) is 3.64. The predicted molar refractivity (Wildman–Crippen MR) is 86.1 cm³/mol. The Morgan fingerprint density at radius 1 is 1.05 bits per heavy atom. The topological polar surface area (TPSA) is 26.0 Å². The number of thioether (sulfide) groups is 1. The number of thiophene rings is 1. The number of rotatable bonds is 3. The Balaban J connectivity index is 2.00. The molecular formula is C16H15NS2. The van der Waals surface area contributed by atoms with Gasteiger partial charge in [0.25, 0.3) is 0 Å². The molecule has 0 saturated carbocycles. The second-order valence-electron chi connectivity index (χ2n) is 4.44. The molecule has 1 aromatic heterocycles. The fraction of sp³-hybridized carbons (Fsp3) is 0.125. The lowest BCUT2D eigenvalue weighted by molar-refractivity contribution is 0.883. The summed E-state index contributed by atoms with van der Waals surface area (Å²) in [6, 6.07) is 16.9. The van der Waals surface area contributed by atoms with Gasteiger partial charge in [-0.1, -0.05) is 30.3 Å². The van der Waals surface area contributed by atoms with Crippen LogP contribution in [-0.4, -0.2) is 6.26 Å². The average molecular weight is 285 g/mol. The Hall–Kier alpha value is -1.29. The van der Waals surface area contributed by atoms with Crippen molar-refractivity contribution in [1.82, 2.24) is 0 Å². The van der Waals surface area contributed by atoms with E-state index in [0.717, 1.165) is 0 Å². The van der Waals surface area contributed by atoms with Crippen LogP contribution in [0.3, 0.4) is 0 Å². The molecule has 1 unspecified atom stereocenters. The van der Waals surface area contributed by atoms with Gasteiger partial charge in [-0.2, -0.15) is 0 Å². The number of benzene rings is 2. The van der Waals surface area contributed by atoms with Crippen LogP contribution in [0.15, 0.2) is 58.8 Å².